The lowest BCUT2D eigenvalue weighted by atomic mass is 10.1. The summed E-state index contributed by atoms with van der Waals surface area (Å²) >= 11 is 0. The number of sulfone groups is 1. The van der Waals surface area contributed by atoms with Gasteiger partial charge in [-0.15, -0.1) is 0 Å². The third kappa shape index (κ3) is 5.29. The Morgan fingerprint density at radius 1 is 1.17 bits per heavy atom. The van der Waals surface area contributed by atoms with Crippen LogP contribution in [-0.4, -0.2) is 43.6 Å². The summed E-state index contributed by atoms with van der Waals surface area (Å²) in [5.41, 5.74) is 1.20. The van der Waals surface area contributed by atoms with Gasteiger partial charge in [-0.25, -0.2) is 17.6 Å². The smallest absolute Gasteiger partial charge is 0.338 e. The van der Waals surface area contributed by atoms with Crippen molar-refractivity contribution in [1.82, 2.24) is 4.90 Å². The Balaban J connectivity index is 1.71. The molecule has 0 spiro atoms. The Hall–Kier alpha value is -3.00. The highest BCUT2D eigenvalue weighted by atomic mass is 32.2. The van der Waals surface area contributed by atoms with E-state index in [1.165, 1.54) is 23.1 Å². The molecule has 0 radical (unpaired) electrons. The van der Waals surface area contributed by atoms with Crippen LogP contribution in [0.4, 0.5) is 4.39 Å². The van der Waals surface area contributed by atoms with Crippen molar-refractivity contribution in [2.45, 2.75) is 19.5 Å². The molecular formula is C21H20FNO5S. The number of ether oxygens (including phenoxy) is 1. The Morgan fingerprint density at radius 3 is 2.52 bits per heavy atom. The van der Waals surface area contributed by atoms with Gasteiger partial charge in [-0.05, 0) is 36.3 Å². The number of amides is 1. The largest absolute Gasteiger partial charge is 0.452 e. The van der Waals surface area contributed by atoms with Gasteiger partial charge in [0.15, 0.2) is 16.4 Å². The van der Waals surface area contributed by atoms with E-state index in [9.17, 15) is 22.4 Å². The number of carbonyl (C=O) groups is 2. The SMILES string of the molecule is Cc1ccc(C(=O)OCC(=O)N(Cc2ccccc2)[C@H]2C=CS(=O)(=O)C2)cc1F. The molecule has 0 N–H and O–H groups in total. The molecule has 1 amide bonds. The molecule has 1 aliphatic heterocycles. The summed E-state index contributed by atoms with van der Waals surface area (Å²) in [5, 5.41) is 1.09. The van der Waals surface area contributed by atoms with Crippen LogP contribution in [0.3, 0.4) is 0 Å². The topological polar surface area (TPSA) is 80.8 Å². The molecule has 1 heterocycles. The monoisotopic (exact) mass is 417 g/mol. The molecule has 0 saturated carbocycles. The number of carbonyl (C=O) groups excluding carboxylic acids is 2. The molecule has 3 rings (SSSR count). The minimum absolute atomic E-state index is 0.00107. The molecule has 1 aliphatic rings. The van der Waals surface area contributed by atoms with Gasteiger partial charge >= 0.3 is 5.97 Å². The van der Waals surface area contributed by atoms with Crippen molar-refractivity contribution in [3.8, 4) is 0 Å². The number of aryl methyl sites for hydroxylation is 1. The average Bonchev–Trinajstić information content (AvgIpc) is 3.06. The van der Waals surface area contributed by atoms with Crippen LogP contribution in [0.1, 0.15) is 21.5 Å². The summed E-state index contributed by atoms with van der Waals surface area (Å²) in [5.74, 6) is -2.13. The lowest BCUT2D eigenvalue weighted by molar-refractivity contribution is -0.136. The molecule has 8 heteroatoms. The molecule has 2 aromatic rings. The minimum atomic E-state index is -3.37. The predicted molar refractivity (Wildman–Crippen MR) is 105 cm³/mol. The van der Waals surface area contributed by atoms with Crippen molar-refractivity contribution in [2.75, 3.05) is 12.4 Å². The van der Waals surface area contributed by atoms with Gasteiger partial charge in [0.1, 0.15) is 5.82 Å². The van der Waals surface area contributed by atoms with E-state index < -0.39 is 40.2 Å². The van der Waals surface area contributed by atoms with E-state index in [4.69, 9.17) is 4.74 Å². The van der Waals surface area contributed by atoms with E-state index in [-0.39, 0.29) is 17.9 Å². The fourth-order valence-electron chi connectivity index (χ4n) is 2.94. The maximum absolute atomic E-state index is 13.6. The standard InChI is InChI=1S/C21H20FNO5S/c1-15-7-8-17(11-19(15)22)21(25)28-13-20(24)23(12-16-5-3-2-4-6-16)18-9-10-29(26,27)14-18/h2-11,18H,12-14H2,1H3/t18-/m0/s1. The van der Waals surface area contributed by atoms with Crippen molar-refractivity contribution in [3.63, 3.8) is 0 Å². The van der Waals surface area contributed by atoms with E-state index in [1.54, 1.807) is 6.92 Å². The first-order valence-corrected chi connectivity index (χ1v) is 10.6. The van der Waals surface area contributed by atoms with Crippen LogP contribution >= 0.6 is 0 Å². The molecule has 152 valence electrons. The zero-order valence-corrected chi connectivity index (χ0v) is 16.6. The summed E-state index contributed by atoms with van der Waals surface area (Å²) in [6, 6.07) is 12.3. The molecular weight excluding hydrogens is 397 g/mol. The first-order chi connectivity index (χ1) is 13.7. The molecule has 0 bridgehead atoms. The van der Waals surface area contributed by atoms with Gasteiger partial charge in [0, 0.05) is 12.0 Å². The Labute approximate surface area is 168 Å². The van der Waals surface area contributed by atoms with Crippen molar-refractivity contribution in [3.05, 3.63) is 82.5 Å². The zero-order valence-electron chi connectivity index (χ0n) is 15.7. The first-order valence-electron chi connectivity index (χ1n) is 8.93. The van der Waals surface area contributed by atoms with Gasteiger partial charge in [-0.1, -0.05) is 36.4 Å². The zero-order chi connectivity index (χ0) is 21.0. The highest BCUT2D eigenvalue weighted by Gasteiger charge is 2.31. The second-order valence-corrected chi connectivity index (χ2v) is 8.70. The van der Waals surface area contributed by atoms with E-state index in [0.29, 0.717) is 5.56 Å². The van der Waals surface area contributed by atoms with Crippen LogP contribution in [0.15, 0.2) is 60.0 Å². The number of hydrogen-bond donors (Lipinski definition) is 0. The second kappa shape index (κ2) is 8.57. The maximum atomic E-state index is 13.6. The molecule has 1 atom stereocenters. The van der Waals surface area contributed by atoms with Gasteiger partial charge in [0.25, 0.3) is 5.91 Å². The summed E-state index contributed by atoms with van der Waals surface area (Å²) in [6.45, 7) is 1.16. The van der Waals surface area contributed by atoms with Gasteiger partial charge in [-0.3, -0.25) is 4.79 Å². The fourth-order valence-corrected chi connectivity index (χ4v) is 4.24. The van der Waals surface area contributed by atoms with Gasteiger partial charge in [0.05, 0.1) is 17.4 Å². The number of benzene rings is 2. The normalized spacial score (nSPS) is 17.1. The summed E-state index contributed by atoms with van der Waals surface area (Å²) in [4.78, 5) is 26.3. The number of rotatable bonds is 6. The highest BCUT2D eigenvalue weighted by Crippen LogP contribution is 2.18. The average molecular weight is 417 g/mol. The Bertz CT molecular complexity index is 1050. The predicted octanol–water partition coefficient (Wildman–Crippen LogP) is 2.63. The molecule has 29 heavy (non-hydrogen) atoms. The Kier molecular flexibility index (Phi) is 6.12. The van der Waals surface area contributed by atoms with E-state index >= 15 is 0 Å². The lowest BCUT2D eigenvalue weighted by Crippen LogP contribution is -2.42. The van der Waals surface area contributed by atoms with Crippen molar-refractivity contribution in [2.24, 2.45) is 0 Å². The van der Waals surface area contributed by atoms with E-state index in [1.807, 2.05) is 30.3 Å². The van der Waals surface area contributed by atoms with Crippen molar-refractivity contribution in [1.29, 1.82) is 0 Å². The maximum Gasteiger partial charge on any atom is 0.338 e. The van der Waals surface area contributed by atoms with Crippen LogP contribution in [0.5, 0.6) is 0 Å². The molecule has 0 aliphatic carbocycles. The molecule has 2 aromatic carbocycles. The first kappa shape index (κ1) is 20.7. The van der Waals surface area contributed by atoms with Gasteiger partial charge in [0.2, 0.25) is 0 Å². The molecule has 0 fully saturated rings. The number of esters is 1. The molecule has 0 saturated heterocycles. The number of halogens is 1. The van der Waals surface area contributed by atoms with Crippen LogP contribution in [-0.2, 0) is 25.9 Å². The second-order valence-electron chi connectivity index (χ2n) is 6.77. The molecule has 0 unspecified atom stereocenters. The van der Waals surface area contributed by atoms with Crippen LogP contribution < -0.4 is 0 Å². The molecule has 6 nitrogen and oxygen atoms in total. The van der Waals surface area contributed by atoms with E-state index in [2.05, 4.69) is 0 Å². The summed E-state index contributed by atoms with van der Waals surface area (Å²) < 4.78 is 42.3. The highest BCUT2D eigenvalue weighted by molar-refractivity contribution is 7.94. The molecule has 0 aromatic heterocycles. The Morgan fingerprint density at radius 2 is 1.90 bits per heavy atom. The van der Waals surface area contributed by atoms with Crippen molar-refractivity contribution >= 4 is 21.7 Å². The minimum Gasteiger partial charge on any atom is -0.452 e. The third-order valence-electron chi connectivity index (χ3n) is 4.56. The van der Waals surface area contributed by atoms with Gasteiger partial charge in [-0.2, -0.15) is 0 Å². The summed E-state index contributed by atoms with van der Waals surface area (Å²) in [7, 11) is -3.37. The third-order valence-corrected chi connectivity index (χ3v) is 5.94. The lowest BCUT2D eigenvalue weighted by Gasteiger charge is -2.27. The number of hydrogen-bond acceptors (Lipinski definition) is 5. The van der Waals surface area contributed by atoms with E-state index in [0.717, 1.165) is 17.0 Å². The van der Waals surface area contributed by atoms with Crippen LogP contribution in [0.2, 0.25) is 0 Å². The fraction of sp³-hybridized carbons (Fsp3) is 0.238. The quantitative estimate of drug-likeness (QED) is 0.675. The van der Waals surface area contributed by atoms with Crippen LogP contribution in [0, 0.1) is 12.7 Å². The number of nitrogens with zero attached hydrogens (tertiary/aromatic N) is 1. The van der Waals surface area contributed by atoms with Gasteiger partial charge < -0.3 is 9.64 Å². The van der Waals surface area contributed by atoms with Crippen molar-refractivity contribution < 1.29 is 27.1 Å². The van der Waals surface area contributed by atoms with Crippen LogP contribution in [0.25, 0.3) is 0 Å². The summed E-state index contributed by atoms with van der Waals surface area (Å²) in [6.07, 6.45) is 1.45.